The van der Waals surface area contributed by atoms with E-state index in [1.54, 1.807) is 0 Å². The van der Waals surface area contributed by atoms with Crippen molar-refractivity contribution in [2.24, 2.45) is 0 Å². The van der Waals surface area contributed by atoms with E-state index in [0.29, 0.717) is 5.92 Å². The van der Waals surface area contributed by atoms with E-state index in [2.05, 4.69) is 68.4 Å². The van der Waals surface area contributed by atoms with Crippen LogP contribution < -0.4 is 0 Å². The fourth-order valence-electron chi connectivity index (χ4n) is 2.50. The Balaban J connectivity index is 2.12. The van der Waals surface area contributed by atoms with Crippen molar-refractivity contribution in [2.45, 2.75) is 19.8 Å². The Morgan fingerprint density at radius 2 is 1.56 bits per heavy atom. The van der Waals surface area contributed by atoms with Crippen molar-refractivity contribution < 1.29 is 0 Å². The molecule has 18 heavy (non-hydrogen) atoms. The highest BCUT2D eigenvalue weighted by Crippen LogP contribution is 2.37. The maximum atomic E-state index is 2.30. The van der Waals surface area contributed by atoms with Crippen molar-refractivity contribution in [1.29, 1.82) is 0 Å². The molecule has 0 aliphatic rings. The van der Waals surface area contributed by atoms with E-state index in [9.17, 15) is 0 Å². The third kappa shape index (κ3) is 1.85. The Morgan fingerprint density at radius 3 is 2.28 bits per heavy atom. The van der Waals surface area contributed by atoms with Gasteiger partial charge in [-0.25, -0.2) is 0 Å². The van der Waals surface area contributed by atoms with Crippen LogP contribution in [-0.2, 0) is 0 Å². The second-order valence-electron chi connectivity index (χ2n) is 4.72. The lowest BCUT2D eigenvalue weighted by molar-refractivity contribution is 0.939. The SMILES string of the molecule is Cc1c(C(C)c2ccccc2)sc2ccccc12. The number of fused-ring (bicyclic) bond motifs is 1. The lowest BCUT2D eigenvalue weighted by atomic mass is 9.96. The van der Waals surface area contributed by atoms with Gasteiger partial charge in [-0.3, -0.25) is 0 Å². The average Bonchev–Trinajstić information content (AvgIpc) is 2.77. The summed E-state index contributed by atoms with van der Waals surface area (Å²) in [5.41, 5.74) is 2.83. The van der Waals surface area contributed by atoms with Gasteiger partial charge in [-0.05, 0) is 29.5 Å². The molecule has 0 saturated carbocycles. The highest BCUT2D eigenvalue weighted by atomic mass is 32.1. The first-order valence-corrected chi connectivity index (χ1v) is 7.12. The first-order chi connectivity index (χ1) is 8.77. The molecule has 3 aromatic rings. The van der Waals surface area contributed by atoms with Crippen LogP contribution in [0.4, 0.5) is 0 Å². The maximum absolute atomic E-state index is 2.30. The van der Waals surface area contributed by atoms with Crippen LogP contribution in [0.3, 0.4) is 0 Å². The number of thiophene rings is 1. The molecule has 1 heterocycles. The van der Waals surface area contributed by atoms with E-state index < -0.39 is 0 Å². The quantitative estimate of drug-likeness (QED) is 0.576. The third-order valence-electron chi connectivity index (χ3n) is 3.57. The molecule has 1 heteroatoms. The van der Waals surface area contributed by atoms with Gasteiger partial charge in [0.1, 0.15) is 0 Å². The molecule has 0 radical (unpaired) electrons. The van der Waals surface area contributed by atoms with E-state index in [1.807, 2.05) is 11.3 Å². The average molecular weight is 252 g/mol. The normalized spacial score (nSPS) is 12.8. The summed E-state index contributed by atoms with van der Waals surface area (Å²) >= 11 is 1.93. The molecule has 0 fully saturated rings. The Labute approximate surface area is 112 Å². The Kier molecular flexibility index (Phi) is 2.92. The lowest BCUT2D eigenvalue weighted by Gasteiger charge is -2.11. The largest absolute Gasteiger partial charge is 0.139 e. The maximum Gasteiger partial charge on any atom is 0.0348 e. The number of benzene rings is 2. The van der Waals surface area contributed by atoms with E-state index in [4.69, 9.17) is 0 Å². The molecule has 1 aromatic heterocycles. The van der Waals surface area contributed by atoms with Crippen LogP contribution >= 0.6 is 11.3 Å². The molecule has 3 rings (SSSR count). The molecule has 90 valence electrons. The Hall–Kier alpha value is -1.60. The zero-order chi connectivity index (χ0) is 12.5. The van der Waals surface area contributed by atoms with Gasteiger partial charge in [-0.2, -0.15) is 0 Å². The van der Waals surface area contributed by atoms with E-state index in [0.717, 1.165) is 0 Å². The molecular weight excluding hydrogens is 236 g/mol. The number of hydrogen-bond donors (Lipinski definition) is 0. The van der Waals surface area contributed by atoms with Gasteiger partial charge in [0.2, 0.25) is 0 Å². The fraction of sp³-hybridized carbons (Fsp3) is 0.176. The van der Waals surface area contributed by atoms with Crippen molar-refractivity contribution in [3.8, 4) is 0 Å². The summed E-state index contributed by atoms with van der Waals surface area (Å²) in [5, 5.41) is 1.40. The fourth-order valence-corrected chi connectivity index (χ4v) is 3.79. The van der Waals surface area contributed by atoms with Gasteiger partial charge in [0.05, 0.1) is 0 Å². The molecule has 0 nitrogen and oxygen atoms in total. The summed E-state index contributed by atoms with van der Waals surface area (Å²) in [6, 6.07) is 19.4. The van der Waals surface area contributed by atoms with Crippen molar-refractivity contribution in [3.63, 3.8) is 0 Å². The number of rotatable bonds is 2. The molecule has 1 unspecified atom stereocenters. The zero-order valence-corrected chi connectivity index (χ0v) is 11.5. The van der Waals surface area contributed by atoms with Gasteiger partial charge in [0.15, 0.2) is 0 Å². The second-order valence-corrected chi connectivity index (χ2v) is 5.80. The van der Waals surface area contributed by atoms with Gasteiger partial charge >= 0.3 is 0 Å². The van der Waals surface area contributed by atoms with Crippen molar-refractivity contribution in [2.75, 3.05) is 0 Å². The third-order valence-corrected chi connectivity index (χ3v) is 5.03. The lowest BCUT2D eigenvalue weighted by Crippen LogP contribution is -1.94. The number of hydrogen-bond acceptors (Lipinski definition) is 1. The van der Waals surface area contributed by atoms with Crippen LogP contribution in [0.1, 0.15) is 28.8 Å². The number of aryl methyl sites for hydroxylation is 1. The van der Waals surface area contributed by atoms with Crippen molar-refractivity contribution in [3.05, 3.63) is 70.6 Å². The molecule has 0 N–H and O–H groups in total. The summed E-state index contributed by atoms with van der Waals surface area (Å²) in [6.45, 7) is 4.54. The van der Waals surface area contributed by atoms with Gasteiger partial charge in [0, 0.05) is 15.5 Å². The second kappa shape index (κ2) is 4.58. The molecular formula is C17H16S. The highest BCUT2D eigenvalue weighted by Gasteiger charge is 2.15. The van der Waals surface area contributed by atoms with E-state index in [-0.39, 0.29) is 0 Å². The van der Waals surface area contributed by atoms with Gasteiger partial charge in [-0.1, -0.05) is 55.5 Å². The smallest absolute Gasteiger partial charge is 0.0348 e. The van der Waals surface area contributed by atoms with Gasteiger partial charge < -0.3 is 0 Å². The van der Waals surface area contributed by atoms with Gasteiger partial charge in [0.25, 0.3) is 0 Å². The summed E-state index contributed by atoms with van der Waals surface area (Å²) in [6.07, 6.45) is 0. The van der Waals surface area contributed by atoms with Crippen LogP contribution in [0.25, 0.3) is 10.1 Å². The topological polar surface area (TPSA) is 0 Å². The predicted molar refractivity (Wildman–Crippen MR) is 80.5 cm³/mol. The van der Waals surface area contributed by atoms with Crippen LogP contribution in [0.15, 0.2) is 54.6 Å². The molecule has 0 spiro atoms. The van der Waals surface area contributed by atoms with E-state index in [1.165, 1.54) is 26.1 Å². The minimum absolute atomic E-state index is 0.476. The van der Waals surface area contributed by atoms with Crippen molar-refractivity contribution in [1.82, 2.24) is 0 Å². The molecule has 0 aliphatic heterocycles. The molecule has 0 saturated heterocycles. The first kappa shape index (κ1) is 11.5. The molecule has 0 bridgehead atoms. The molecule has 2 aromatic carbocycles. The monoisotopic (exact) mass is 252 g/mol. The van der Waals surface area contributed by atoms with Crippen LogP contribution in [0.5, 0.6) is 0 Å². The predicted octanol–water partition coefficient (Wildman–Crippen LogP) is 5.36. The minimum Gasteiger partial charge on any atom is -0.139 e. The molecule has 0 aliphatic carbocycles. The summed E-state index contributed by atoms with van der Waals surface area (Å²) in [7, 11) is 0. The summed E-state index contributed by atoms with van der Waals surface area (Å²) < 4.78 is 1.40. The van der Waals surface area contributed by atoms with Crippen molar-refractivity contribution >= 4 is 21.4 Å². The standard InChI is InChI=1S/C17H16S/c1-12(14-8-4-3-5-9-14)17-13(2)15-10-6-7-11-16(15)18-17/h3-12H,1-2H3. The first-order valence-electron chi connectivity index (χ1n) is 6.30. The zero-order valence-electron chi connectivity index (χ0n) is 10.7. The highest BCUT2D eigenvalue weighted by molar-refractivity contribution is 7.19. The molecule has 1 atom stereocenters. The Morgan fingerprint density at radius 1 is 0.889 bits per heavy atom. The molecule has 0 amide bonds. The summed E-state index contributed by atoms with van der Waals surface area (Å²) in [4.78, 5) is 1.49. The minimum atomic E-state index is 0.476. The van der Waals surface area contributed by atoms with E-state index >= 15 is 0 Å². The van der Waals surface area contributed by atoms with Crippen LogP contribution in [-0.4, -0.2) is 0 Å². The Bertz CT molecular complexity index is 664. The van der Waals surface area contributed by atoms with Gasteiger partial charge in [-0.15, -0.1) is 11.3 Å². The summed E-state index contributed by atoms with van der Waals surface area (Å²) in [5.74, 6) is 0.476. The van der Waals surface area contributed by atoms with Crippen LogP contribution in [0, 0.1) is 6.92 Å². The van der Waals surface area contributed by atoms with Crippen LogP contribution in [0.2, 0.25) is 0 Å².